The lowest BCUT2D eigenvalue weighted by atomic mass is 10.1. The maximum atomic E-state index is 12.7. The first-order chi connectivity index (χ1) is 14.9. The van der Waals surface area contributed by atoms with Gasteiger partial charge in [-0.15, -0.1) is 0 Å². The van der Waals surface area contributed by atoms with Gasteiger partial charge in [-0.1, -0.05) is 53.2 Å². The molecule has 31 heavy (non-hydrogen) atoms. The van der Waals surface area contributed by atoms with Crippen LogP contribution in [0.25, 0.3) is 11.3 Å². The van der Waals surface area contributed by atoms with Crippen molar-refractivity contribution in [3.63, 3.8) is 0 Å². The minimum absolute atomic E-state index is 0.00593. The molecule has 1 amide bonds. The molecule has 9 heteroatoms. The van der Waals surface area contributed by atoms with Gasteiger partial charge < -0.3 is 9.84 Å². The van der Waals surface area contributed by atoms with E-state index in [0.717, 1.165) is 5.56 Å². The van der Waals surface area contributed by atoms with Crippen LogP contribution >= 0.6 is 11.6 Å². The normalized spacial score (nSPS) is 11.1. The van der Waals surface area contributed by atoms with Gasteiger partial charge in [0, 0.05) is 28.0 Å². The molecule has 3 aromatic carbocycles. The number of nitrogens with zero attached hydrogens (tertiary/aromatic N) is 1. The summed E-state index contributed by atoms with van der Waals surface area (Å²) in [4.78, 5) is 12.5. The summed E-state index contributed by atoms with van der Waals surface area (Å²) < 4.78 is 32.9. The molecular formula is C22H16ClN3O4S. The Morgan fingerprint density at radius 2 is 1.61 bits per heavy atom. The number of amides is 1. The number of rotatable bonds is 6. The number of benzene rings is 3. The zero-order valence-electron chi connectivity index (χ0n) is 15.9. The lowest BCUT2D eigenvalue weighted by Crippen LogP contribution is -2.14. The summed E-state index contributed by atoms with van der Waals surface area (Å²) >= 11 is 5.83. The maximum Gasteiger partial charge on any atom is 0.294 e. The van der Waals surface area contributed by atoms with Crippen LogP contribution in [0.15, 0.2) is 94.3 Å². The Morgan fingerprint density at radius 3 is 2.35 bits per heavy atom. The molecule has 4 rings (SSSR count). The fourth-order valence-electron chi connectivity index (χ4n) is 2.79. The molecule has 0 aliphatic rings. The van der Waals surface area contributed by atoms with Gasteiger partial charge in [0.1, 0.15) is 5.69 Å². The van der Waals surface area contributed by atoms with E-state index in [1.165, 1.54) is 24.3 Å². The summed E-state index contributed by atoms with van der Waals surface area (Å²) in [7, 11) is -3.86. The van der Waals surface area contributed by atoms with Crippen molar-refractivity contribution in [3.05, 3.63) is 95.7 Å². The highest BCUT2D eigenvalue weighted by Gasteiger charge is 2.17. The maximum absolute atomic E-state index is 12.7. The van der Waals surface area contributed by atoms with Crippen LogP contribution in [0.1, 0.15) is 10.6 Å². The zero-order valence-corrected chi connectivity index (χ0v) is 17.5. The van der Waals surface area contributed by atoms with E-state index in [4.69, 9.17) is 16.1 Å². The van der Waals surface area contributed by atoms with Crippen molar-refractivity contribution in [2.24, 2.45) is 0 Å². The molecule has 2 N–H and O–H groups in total. The topological polar surface area (TPSA) is 101 Å². The lowest BCUT2D eigenvalue weighted by Gasteiger charge is -2.10. The molecule has 0 saturated heterocycles. The van der Waals surface area contributed by atoms with Gasteiger partial charge in [0.05, 0.1) is 4.90 Å². The van der Waals surface area contributed by atoms with Gasteiger partial charge in [-0.25, -0.2) is 8.42 Å². The van der Waals surface area contributed by atoms with Gasteiger partial charge in [-0.3, -0.25) is 9.52 Å². The van der Waals surface area contributed by atoms with E-state index in [1.807, 2.05) is 30.3 Å². The Morgan fingerprint density at radius 1 is 0.871 bits per heavy atom. The van der Waals surface area contributed by atoms with Crippen LogP contribution < -0.4 is 10.0 Å². The number of halogens is 1. The van der Waals surface area contributed by atoms with Crippen LogP contribution in [0.3, 0.4) is 0 Å². The number of anilines is 2. The number of hydrogen-bond acceptors (Lipinski definition) is 5. The standard InChI is InChI=1S/C22H16ClN3O4S/c23-16-9-11-17(12-10-16)26-31(28,29)19-8-4-7-18(13-19)24-22(27)21-14-20(25-30-21)15-5-2-1-3-6-15/h1-14,26H,(H,24,27). The molecule has 0 spiro atoms. The van der Waals surface area contributed by atoms with Crippen molar-refractivity contribution >= 4 is 38.9 Å². The largest absolute Gasteiger partial charge is 0.350 e. The van der Waals surface area contributed by atoms with Gasteiger partial charge in [-0.05, 0) is 42.5 Å². The van der Waals surface area contributed by atoms with Crippen molar-refractivity contribution in [2.75, 3.05) is 10.0 Å². The van der Waals surface area contributed by atoms with Crippen LogP contribution in [0.5, 0.6) is 0 Å². The first kappa shape index (κ1) is 20.6. The van der Waals surface area contributed by atoms with Crippen molar-refractivity contribution in [2.45, 2.75) is 4.90 Å². The predicted molar refractivity (Wildman–Crippen MR) is 119 cm³/mol. The van der Waals surface area contributed by atoms with E-state index in [9.17, 15) is 13.2 Å². The van der Waals surface area contributed by atoms with E-state index in [2.05, 4.69) is 15.2 Å². The van der Waals surface area contributed by atoms with Crippen LogP contribution in [-0.2, 0) is 10.0 Å². The van der Waals surface area contributed by atoms with Gasteiger partial charge in [0.2, 0.25) is 5.76 Å². The fraction of sp³-hybridized carbons (Fsp3) is 0. The third-order valence-corrected chi connectivity index (χ3v) is 5.93. The molecular weight excluding hydrogens is 438 g/mol. The number of carbonyl (C=O) groups excluding carboxylic acids is 1. The minimum atomic E-state index is -3.86. The first-order valence-electron chi connectivity index (χ1n) is 9.13. The number of hydrogen-bond donors (Lipinski definition) is 2. The third kappa shape index (κ3) is 4.93. The van der Waals surface area contributed by atoms with Crippen molar-refractivity contribution in [3.8, 4) is 11.3 Å². The Kier molecular flexibility index (Phi) is 5.75. The van der Waals surface area contributed by atoms with Crippen molar-refractivity contribution in [1.82, 2.24) is 5.16 Å². The molecule has 0 fully saturated rings. The molecule has 0 unspecified atom stereocenters. The Bertz CT molecular complexity index is 1320. The van der Waals surface area contributed by atoms with E-state index >= 15 is 0 Å². The van der Waals surface area contributed by atoms with E-state index in [1.54, 1.807) is 30.3 Å². The molecule has 0 aliphatic heterocycles. The molecule has 1 heterocycles. The summed E-state index contributed by atoms with van der Waals surface area (Å²) in [6.07, 6.45) is 0. The summed E-state index contributed by atoms with van der Waals surface area (Å²) in [5.74, 6) is -0.540. The molecule has 1 aromatic heterocycles. The Labute approximate surface area is 183 Å². The third-order valence-electron chi connectivity index (χ3n) is 4.30. The highest BCUT2D eigenvalue weighted by Crippen LogP contribution is 2.22. The van der Waals surface area contributed by atoms with Gasteiger partial charge >= 0.3 is 0 Å². The minimum Gasteiger partial charge on any atom is -0.350 e. The highest BCUT2D eigenvalue weighted by molar-refractivity contribution is 7.92. The van der Waals surface area contributed by atoms with Gasteiger partial charge in [-0.2, -0.15) is 0 Å². The molecule has 0 atom stereocenters. The number of aromatic nitrogens is 1. The second-order valence-corrected chi connectivity index (χ2v) is 8.66. The Hall–Kier alpha value is -3.62. The molecule has 0 radical (unpaired) electrons. The van der Waals surface area contributed by atoms with E-state index < -0.39 is 15.9 Å². The summed E-state index contributed by atoms with van der Waals surface area (Å²) in [6.45, 7) is 0. The monoisotopic (exact) mass is 453 g/mol. The van der Waals surface area contributed by atoms with Crippen LogP contribution in [0, 0.1) is 0 Å². The lowest BCUT2D eigenvalue weighted by molar-refractivity contribution is 0.0988. The Balaban J connectivity index is 1.50. The molecule has 0 saturated carbocycles. The zero-order chi connectivity index (χ0) is 21.8. The van der Waals surface area contributed by atoms with Crippen LogP contribution in [0.4, 0.5) is 11.4 Å². The molecule has 7 nitrogen and oxygen atoms in total. The predicted octanol–water partition coefficient (Wildman–Crippen LogP) is 5.05. The molecule has 4 aromatic rings. The van der Waals surface area contributed by atoms with E-state index in [0.29, 0.717) is 22.1 Å². The quantitative estimate of drug-likeness (QED) is 0.425. The van der Waals surface area contributed by atoms with Gasteiger partial charge in [0.25, 0.3) is 15.9 Å². The smallest absolute Gasteiger partial charge is 0.294 e. The summed E-state index contributed by atoms with van der Waals surface area (Å²) in [5, 5.41) is 7.03. The second kappa shape index (κ2) is 8.63. The van der Waals surface area contributed by atoms with Crippen molar-refractivity contribution < 1.29 is 17.7 Å². The summed E-state index contributed by atoms with van der Waals surface area (Å²) in [6, 6.07) is 23.0. The summed E-state index contributed by atoms with van der Waals surface area (Å²) in [5.41, 5.74) is 2.00. The average Bonchev–Trinajstić information content (AvgIpc) is 3.27. The fourth-order valence-corrected chi connectivity index (χ4v) is 4.02. The SMILES string of the molecule is O=C(Nc1cccc(S(=O)(=O)Nc2ccc(Cl)cc2)c1)c1cc(-c2ccccc2)no1. The average molecular weight is 454 g/mol. The van der Waals surface area contributed by atoms with Crippen LogP contribution in [-0.4, -0.2) is 19.5 Å². The van der Waals surface area contributed by atoms with E-state index in [-0.39, 0.29) is 10.7 Å². The second-order valence-electron chi connectivity index (χ2n) is 6.54. The number of sulfonamides is 1. The molecule has 0 bridgehead atoms. The first-order valence-corrected chi connectivity index (χ1v) is 11.0. The molecule has 156 valence electrons. The molecule has 0 aliphatic carbocycles. The number of nitrogens with one attached hydrogen (secondary N) is 2. The van der Waals surface area contributed by atoms with Crippen LogP contribution in [0.2, 0.25) is 5.02 Å². The van der Waals surface area contributed by atoms with Gasteiger partial charge in [0.15, 0.2) is 0 Å². The van der Waals surface area contributed by atoms with Crippen molar-refractivity contribution in [1.29, 1.82) is 0 Å². The number of carbonyl (C=O) groups is 1. The highest BCUT2D eigenvalue weighted by atomic mass is 35.5.